The number of hydrogen-bond donors (Lipinski definition) is 0. The van der Waals surface area contributed by atoms with E-state index in [4.69, 9.17) is 9.47 Å². The van der Waals surface area contributed by atoms with Crippen molar-refractivity contribution in [1.29, 1.82) is 0 Å². The molecule has 2 amide bonds. The summed E-state index contributed by atoms with van der Waals surface area (Å²) in [5.41, 5.74) is -0.372. The summed E-state index contributed by atoms with van der Waals surface area (Å²) < 4.78 is 11.5. The molecule has 2 aliphatic carbocycles. The van der Waals surface area contributed by atoms with Crippen LogP contribution in [-0.2, 0) is 4.74 Å². The molecule has 1 aromatic rings. The van der Waals surface area contributed by atoms with Crippen LogP contribution in [0.5, 0.6) is 5.75 Å². The molecule has 4 aliphatic rings. The lowest BCUT2D eigenvalue weighted by atomic mass is 9.82. The number of carbonyl (C=O) groups excluding carboxylic acids is 2. The zero-order valence-electron chi connectivity index (χ0n) is 14.1. The Balaban J connectivity index is 1.36. The number of cyclic esters (lactones) is 1. The summed E-state index contributed by atoms with van der Waals surface area (Å²) in [6, 6.07) is 9.09. The van der Waals surface area contributed by atoms with Gasteiger partial charge < -0.3 is 14.4 Å². The number of hydrogen-bond acceptors (Lipinski definition) is 4. The smallest absolute Gasteiger partial charge is 0.415 e. The van der Waals surface area contributed by atoms with Crippen molar-refractivity contribution in [2.45, 2.75) is 37.3 Å². The van der Waals surface area contributed by atoms with Gasteiger partial charge in [0.25, 0.3) is 0 Å². The van der Waals surface area contributed by atoms with Gasteiger partial charge in [-0.1, -0.05) is 18.2 Å². The second-order valence-electron chi connectivity index (χ2n) is 7.61. The molecule has 132 valence electrons. The highest BCUT2D eigenvalue weighted by Gasteiger charge is 2.68. The minimum absolute atomic E-state index is 0.0305. The summed E-state index contributed by atoms with van der Waals surface area (Å²) >= 11 is 0. The van der Waals surface area contributed by atoms with Crippen molar-refractivity contribution in [2.75, 3.05) is 19.6 Å². The van der Waals surface area contributed by atoms with Crippen LogP contribution in [0.3, 0.4) is 0 Å². The molecule has 6 heteroatoms. The fourth-order valence-electron chi connectivity index (χ4n) is 4.60. The molecule has 25 heavy (non-hydrogen) atoms. The third-order valence-electron chi connectivity index (χ3n) is 6.04. The normalized spacial score (nSPS) is 27.7. The van der Waals surface area contributed by atoms with Gasteiger partial charge in [-0.25, -0.2) is 9.59 Å². The highest BCUT2D eigenvalue weighted by atomic mass is 16.6. The van der Waals surface area contributed by atoms with Crippen molar-refractivity contribution in [3.63, 3.8) is 0 Å². The molecular weight excluding hydrogens is 320 g/mol. The molecule has 0 N–H and O–H groups in total. The summed E-state index contributed by atoms with van der Waals surface area (Å²) in [5.74, 6) is 1.47. The largest absolute Gasteiger partial charge is 0.440 e. The summed E-state index contributed by atoms with van der Waals surface area (Å²) in [4.78, 5) is 28.6. The van der Waals surface area contributed by atoms with Crippen LogP contribution < -0.4 is 4.74 Å². The van der Waals surface area contributed by atoms with Crippen LogP contribution in [0.25, 0.3) is 0 Å². The molecule has 0 spiro atoms. The number of carbonyl (C=O) groups is 2. The number of ether oxygens (including phenoxy) is 2. The average molecular weight is 342 g/mol. The predicted molar refractivity (Wildman–Crippen MR) is 89.2 cm³/mol. The number of rotatable bonds is 3. The Labute approximate surface area is 146 Å². The number of fused-ring (bicyclic) bond motifs is 1. The quantitative estimate of drug-likeness (QED) is 0.847. The highest BCUT2D eigenvalue weighted by Crippen LogP contribution is 2.59. The van der Waals surface area contributed by atoms with Gasteiger partial charge in [-0.05, 0) is 37.8 Å². The number of amides is 2. The molecule has 0 radical (unpaired) electrons. The molecule has 0 aromatic heterocycles. The maximum atomic E-state index is 12.6. The first-order valence-electron chi connectivity index (χ1n) is 9.20. The molecule has 2 aliphatic heterocycles. The average Bonchev–Trinajstić information content (AvgIpc) is 3.54. The van der Waals surface area contributed by atoms with E-state index in [1.54, 1.807) is 17.0 Å². The van der Waals surface area contributed by atoms with Gasteiger partial charge in [0.15, 0.2) is 0 Å². The minimum Gasteiger partial charge on any atom is -0.440 e. The summed E-state index contributed by atoms with van der Waals surface area (Å²) in [6.07, 6.45) is 3.97. The van der Waals surface area contributed by atoms with Crippen LogP contribution in [-0.4, -0.2) is 53.3 Å². The van der Waals surface area contributed by atoms with Crippen LogP contribution in [0.4, 0.5) is 9.59 Å². The van der Waals surface area contributed by atoms with Crippen LogP contribution in [0.15, 0.2) is 30.3 Å². The number of benzene rings is 1. The molecule has 2 saturated carbocycles. The predicted octanol–water partition coefficient (Wildman–Crippen LogP) is 2.88. The Morgan fingerprint density at radius 2 is 1.76 bits per heavy atom. The van der Waals surface area contributed by atoms with E-state index in [9.17, 15) is 9.59 Å². The van der Waals surface area contributed by atoms with Crippen LogP contribution in [0, 0.1) is 11.8 Å². The van der Waals surface area contributed by atoms with E-state index in [2.05, 4.69) is 0 Å². The second-order valence-corrected chi connectivity index (χ2v) is 7.61. The van der Waals surface area contributed by atoms with Gasteiger partial charge in [0.1, 0.15) is 11.4 Å². The van der Waals surface area contributed by atoms with Crippen LogP contribution in [0.2, 0.25) is 0 Å². The topological polar surface area (TPSA) is 59.1 Å². The van der Waals surface area contributed by atoms with E-state index >= 15 is 0 Å². The molecule has 1 atom stereocenters. The van der Waals surface area contributed by atoms with E-state index in [0.29, 0.717) is 37.2 Å². The maximum absolute atomic E-state index is 12.6. The zero-order valence-corrected chi connectivity index (χ0v) is 14.1. The van der Waals surface area contributed by atoms with Gasteiger partial charge in [0.2, 0.25) is 0 Å². The Kier molecular flexibility index (Phi) is 3.24. The summed E-state index contributed by atoms with van der Waals surface area (Å²) in [7, 11) is 0. The molecule has 0 bridgehead atoms. The highest BCUT2D eigenvalue weighted by molar-refractivity contribution is 5.75. The van der Waals surface area contributed by atoms with E-state index in [1.165, 1.54) is 0 Å². The standard InChI is InChI=1S/C19H22N2O4/c22-17(24-15-4-2-1-3-5-15)20-10-11-21-16(12-20)19(13-6-7-13,14-8-9-14)25-18(21)23/h1-5,13-14,16H,6-12H2. The third kappa shape index (κ3) is 2.38. The lowest BCUT2D eigenvalue weighted by molar-refractivity contribution is -0.0201. The van der Waals surface area contributed by atoms with Crippen molar-refractivity contribution in [2.24, 2.45) is 11.8 Å². The fraction of sp³-hybridized carbons (Fsp3) is 0.579. The van der Waals surface area contributed by atoms with Crippen molar-refractivity contribution in [3.8, 4) is 5.75 Å². The first-order chi connectivity index (χ1) is 12.2. The van der Waals surface area contributed by atoms with E-state index < -0.39 is 0 Å². The van der Waals surface area contributed by atoms with E-state index in [1.807, 2.05) is 23.1 Å². The first kappa shape index (κ1) is 15.0. The molecule has 1 unspecified atom stereocenters. The van der Waals surface area contributed by atoms with Gasteiger partial charge in [0.05, 0.1) is 6.04 Å². The summed E-state index contributed by atoms with van der Waals surface area (Å²) in [6.45, 7) is 1.52. The van der Waals surface area contributed by atoms with Gasteiger partial charge in [-0.3, -0.25) is 4.90 Å². The molecular formula is C19H22N2O4. The van der Waals surface area contributed by atoms with Gasteiger partial charge in [-0.15, -0.1) is 0 Å². The second kappa shape index (κ2) is 5.38. The van der Waals surface area contributed by atoms with Crippen molar-refractivity contribution in [3.05, 3.63) is 30.3 Å². The van der Waals surface area contributed by atoms with Crippen molar-refractivity contribution >= 4 is 12.2 Å². The van der Waals surface area contributed by atoms with Gasteiger partial charge in [0, 0.05) is 31.5 Å². The minimum atomic E-state index is -0.372. The first-order valence-corrected chi connectivity index (χ1v) is 9.20. The molecule has 6 nitrogen and oxygen atoms in total. The Hall–Kier alpha value is -2.24. The van der Waals surface area contributed by atoms with Crippen molar-refractivity contribution in [1.82, 2.24) is 9.80 Å². The van der Waals surface area contributed by atoms with Crippen LogP contribution >= 0.6 is 0 Å². The van der Waals surface area contributed by atoms with E-state index in [-0.39, 0.29) is 23.8 Å². The molecule has 1 aromatic carbocycles. The van der Waals surface area contributed by atoms with Crippen molar-refractivity contribution < 1.29 is 19.1 Å². The molecule has 5 rings (SSSR count). The Bertz CT molecular complexity index is 687. The SMILES string of the molecule is O=C(Oc1ccccc1)N1CCN2C(=O)OC(C3CC3)(C3CC3)C2C1. The monoisotopic (exact) mass is 342 g/mol. The zero-order chi connectivity index (χ0) is 17.0. The Morgan fingerprint density at radius 3 is 2.40 bits per heavy atom. The lowest BCUT2D eigenvalue weighted by Crippen LogP contribution is -2.60. The Morgan fingerprint density at radius 1 is 1.08 bits per heavy atom. The summed E-state index contributed by atoms with van der Waals surface area (Å²) in [5, 5.41) is 0. The molecule has 2 heterocycles. The van der Waals surface area contributed by atoms with Crippen LogP contribution in [0.1, 0.15) is 25.7 Å². The molecule has 2 saturated heterocycles. The van der Waals surface area contributed by atoms with Gasteiger partial charge >= 0.3 is 12.2 Å². The number of piperazine rings is 1. The molecule has 4 fully saturated rings. The third-order valence-corrected chi connectivity index (χ3v) is 6.04. The lowest BCUT2D eigenvalue weighted by Gasteiger charge is -2.41. The number of nitrogens with zero attached hydrogens (tertiary/aromatic N) is 2. The van der Waals surface area contributed by atoms with Gasteiger partial charge in [-0.2, -0.15) is 0 Å². The fourth-order valence-corrected chi connectivity index (χ4v) is 4.60. The van der Waals surface area contributed by atoms with E-state index in [0.717, 1.165) is 25.7 Å². The number of para-hydroxylation sites is 1. The maximum Gasteiger partial charge on any atom is 0.415 e.